The molecule has 0 aromatic heterocycles. The fourth-order valence-corrected chi connectivity index (χ4v) is 1.34. The van der Waals surface area contributed by atoms with Crippen LogP contribution in [0.4, 0.5) is 13.2 Å². The summed E-state index contributed by atoms with van der Waals surface area (Å²) in [4.78, 5) is -1.68. The highest BCUT2D eigenvalue weighted by Gasteiger charge is 2.41. The molecule has 0 saturated heterocycles. The molecule has 0 unspecified atom stereocenters. The van der Waals surface area contributed by atoms with Crippen molar-refractivity contribution in [2.45, 2.75) is 25.3 Å². The molecule has 12 heavy (non-hydrogen) atoms. The van der Waals surface area contributed by atoms with Gasteiger partial charge in [-0.15, -0.1) is 0 Å². The predicted octanol–water partition coefficient (Wildman–Crippen LogP) is 1.89. The second-order valence-corrected chi connectivity index (χ2v) is 5.04. The molecule has 0 aromatic rings. The number of halogens is 3. The minimum absolute atomic E-state index is 1.09. The number of rotatable bonds is 2. The molecule has 0 atom stereocenters. The van der Waals surface area contributed by atoms with Crippen molar-refractivity contribution in [3.8, 4) is 0 Å². The number of hydrogen-bond donors (Lipinski definition) is 0. The molecule has 0 radical (unpaired) electrons. The Hall–Kier alpha value is -0.520. The van der Waals surface area contributed by atoms with Gasteiger partial charge in [-0.25, -0.2) is 8.42 Å². The predicted molar refractivity (Wildman–Crippen MR) is 39.3 cm³/mol. The molecule has 0 heterocycles. The third-order valence-corrected chi connectivity index (χ3v) is 3.44. The van der Waals surface area contributed by atoms with E-state index in [1.807, 2.05) is 0 Å². The van der Waals surface area contributed by atoms with Gasteiger partial charge in [0.1, 0.15) is 4.91 Å². The molecule has 0 aliphatic carbocycles. The standard InChI is InChI=1S/C6H9F3O2S/c1-4(2)12(10,11)5(3)6(7,8)9/h4H,3H2,1-2H3. The smallest absolute Gasteiger partial charge is 0.223 e. The van der Waals surface area contributed by atoms with E-state index < -0.39 is 26.2 Å². The van der Waals surface area contributed by atoms with E-state index in [2.05, 4.69) is 6.58 Å². The summed E-state index contributed by atoms with van der Waals surface area (Å²) in [6.07, 6.45) is -4.86. The SMILES string of the molecule is C=C(C(F)(F)F)S(=O)(=O)C(C)C. The van der Waals surface area contributed by atoms with Crippen molar-refractivity contribution in [1.29, 1.82) is 0 Å². The number of sulfone groups is 1. The molecule has 0 spiro atoms. The molecule has 0 bridgehead atoms. The zero-order chi connectivity index (χ0) is 10.2. The summed E-state index contributed by atoms with van der Waals surface area (Å²) in [6, 6.07) is 0. The van der Waals surface area contributed by atoms with Crippen LogP contribution in [0.3, 0.4) is 0 Å². The third kappa shape index (κ3) is 2.23. The van der Waals surface area contributed by atoms with E-state index in [1.54, 1.807) is 0 Å². The van der Waals surface area contributed by atoms with E-state index in [4.69, 9.17) is 0 Å². The lowest BCUT2D eigenvalue weighted by atomic mass is 10.6. The lowest BCUT2D eigenvalue weighted by molar-refractivity contribution is -0.0841. The van der Waals surface area contributed by atoms with Crippen molar-refractivity contribution >= 4 is 9.84 Å². The van der Waals surface area contributed by atoms with Gasteiger partial charge in [0, 0.05) is 0 Å². The van der Waals surface area contributed by atoms with Gasteiger partial charge >= 0.3 is 6.18 Å². The van der Waals surface area contributed by atoms with Crippen LogP contribution in [-0.4, -0.2) is 19.8 Å². The molecular formula is C6H9F3O2S. The summed E-state index contributed by atoms with van der Waals surface area (Å²) in [5.74, 6) is 0. The average molecular weight is 202 g/mol. The molecule has 72 valence electrons. The largest absolute Gasteiger partial charge is 0.426 e. The van der Waals surface area contributed by atoms with Gasteiger partial charge in [0.15, 0.2) is 9.84 Å². The maximum absolute atomic E-state index is 11.8. The first-order valence-corrected chi connectivity index (χ1v) is 4.64. The Morgan fingerprint density at radius 1 is 1.33 bits per heavy atom. The lowest BCUT2D eigenvalue weighted by Crippen LogP contribution is -2.25. The monoisotopic (exact) mass is 202 g/mol. The van der Waals surface area contributed by atoms with Gasteiger partial charge in [-0.2, -0.15) is 13.2 Å². The van der Waals surface area contributed by atoms with Gasteiger partial charge in [-0.1, -0.05) is 6.58 Å². The van der Waals surface area contributed by atoms with Crippen LogP contribution in [0.5, 0.6) is 0 Å². The molecule has 0 aromatic carbocycles. The lowest BCUT2D eigenvalue weighted by Gasteiger charge is -2.12. The molecule has 0 aliphatic heterocycles. The fraction of sp³-hybridized carbons (Fsp3) is 0.667. The second kappa shape index (κ2) is 3.08. The Kier molecular flexibility index (Phi) is 2.95. The highest BCUT2D eigenvalue weighted by Crippen LogP contribution is 2.30. The van der Waals surface area contributed by atoms with Crippen LogP contribution >= 0.6 is 0 Å². The van der Waals surface area contributed by atoms with Crippen LogP contribution in [-0.2, 0) is 9.84 Å². The van der Waals surface area contributed by atoms with Crippen LogP contribution in [0.25, 0.3) is 0 Å². The van der Waals surface area contributed by atoms with Gasteiger partial charge in [0.05, 0.1) is 5.25 Å². The van der Waals surface area contributed by atoms with E-state index in [0.29, 0.717) is 0 Å². The summed E-state index contributed by atoms with van der Waals surface area (Å²) in [6.45, 7) is 4.85. The minimum atomic E-state index is -4.86. The Labute approximate surface area is 69.0 Å². The highest BCUT2D eigenvalue weighted by atomic mass is 32.2. The van der Waals surface area contributed by atoms with Crippen molar-refractivity contribution in [2.24, 2.45) is 0 Å². The van der Waals surface area contributed by atoms with Gasteiger partial charge < -0.3 is 0 Å². The van der Waals surface area contributed by atoms with E-state index in [0.717, 1.165) is 0 Å². The molecule has 0 amide bonds. The van der Waals surface area contributed by atoms with Gasteiger partial charge in [-0.05, 0) is 13.8 Å². The normalized spacial score (nSPS) is 13.5. The van der Waals surface area contributed by atoms with E-state index in [-0.39, 0.29) is 0 Å². The number of hydrogen-bond acceptors (Lipinski definition) is 2. The molecule has 0 saturated carbocycles. The van der Waals surface area contributed by atoms with Crippen molar-refractivity contribution < 1.29 is 21.6 Å². The van der Waals surface area contributed by atoms with Crippen molar-refractivity contribution in [3.63, 3.8) is 0 Å². The van der Waals surface area contributed by atoms with Crippen LogP contribution in [0.2, 0.25) is 0 Å². The summed E-state index contributed by atoms with van der Waals surface area (Å²) < 4.78 is 57.2. The highest BCUT2D eigenvalue weighted by molar-refractivity contribution is 7.95. The molecule has 2 nitrogen and oxygen atoms in total. The minimum Gasteiger partial charge on any atom is -0.223 e. The maximum Gasteiger partial charge on any atom is 0.426 e. The topological polar surface area (TPSA) is 34.1 Å². The summed E-state index contributed by atoms with van der Waals surface area (Å²) >= 11 is 0. The maximum atomic E-state index is 11.8. The summed E-state index contributed by atoms with van der Waals surface area (Å²) in [5.41, 5.74) is 0. The molecule has 6 heteroatoms. The van der Waals surface area contributed by atoms with Crippen LogP contribution < -0.4 is 0 Å². The van der Waals surface area contributed by atoms with Gasteiger partial charge in [0.25, 0.3) is 0 Å². The fourth-order valence-electron chi connectivity index (χ4n) is 0.446. The quantitative estimate of drug-likeness (QED) is 0.685. The van der Waals surface area contributed by atoms with Gasteiger partial charge in [-0.3, -0.25) is 0 Å². The Balaban J connectivity index is 4.99. The van der Waals surface area contributed by atoms with Crippen molar-refractivity contribution in [3.05, 3.63) is 11.5 Å². The molecule has 0 fully saturated rings. The Bertz CT molecular complexity index is 274. The van der Waals surface area contributed by atoms with Crippen molar-refractivity contribution in [1.82, 2.24) is 0 Å². The molecule has 0 rings (SSSR count). The number of allylic oxidation sites excluding steroid dienone is 1. The van der Waals surface area contributed by atoms with E-state index in [9.17, 15) is 21.6 Å². The molecule has 0 N–H and O–H groups in total. The first-order valence-electron chi connectivity index (χ1n) is 3.10. The molecule has 0 aliphatic rings. The van der Waals surface area contributed by atoms with Crippen LogP contribution in [0.15, 0.2) is 11.5 Å². The second-order valence-electron chi connectivity index (χ2n) is 2.51. The first kappa shape index (κ1) is 11.5. The van der Waals surface area contributed by atoms with Gasteiger partial charge in [0.2, 0.25) is 0 Å². The summed E-state index contributed by atoms with van der Waals surface area (Å²) in [5, 5.41) is -1.09. The first-order chi connectivity index (χ1) is 5.10. The summed E-state index contributed by atoms with van der Waals surface area (Å²) in [7, 11) is -4.25. The van der Waals surface area contributed by atoms with E-state index in [1.165, 1.54) is 13.8 Å². The molecular weight excluding hydrogens is 193 g/mol. The van der Waals surface area contributed by atoms with Crippen molar-refractivity contribution in [2.75, 3.05) is 0 Å². The zero-order valence-electron chi connectivity index (χ0n) is 6.64. The van der Waals surface area contributed by atoms with Crippen LogP contribution in [0, 0.1) is 0 Å². The Morgan fingerprint density at radius 2 is 1.67 bits per heavy atom. The number of alkyl halides is 3. The zero-order valence-corrected chi connectivity index (χ0v) is 7.46. The average Bonchev–Trinajstić information content (AvgIpc) is 1.83. The van der Waals surface area contributed by atoms with E-state index >= 15 is 0 Å². The van der Waals surface area contributed by atoms with Crippen LogP contribution in [0.1, 0.15) is 13.8 Å². The Morgan fingerprint density at radius 3 is 1.75 bits per heavy atom. The third-order valence-electron chi connectivity index (χ3n) is 1.28.